The first kappa shape index (κ1) is 23.5. The first-order valence-corrected chi connectivity index (χ1v) is 10.7. The summed E-state index contributed by atoms with van der Waals surface area (Å²) < 4.78 is 11.8. The fraction of sp³-hybridized carbons (Fsp3) is 0.458. The summed E-state index contributed by atoms with van der Waals surface area (Å²) in [6.07, 6.45) is 0.946. The maximum Gasteiger partial charge on any atom is 0.410 e. The predicted octanol–water partition coefficient (Wildman–Crippen LogP) is 3.42. The van der Waals surface area contributed by atoms with E-state index in [1.807, 2.05) is 40.7 Å². The average Bonchev–Trinajstić information content (AvgIpc) is 2.71. The van der Waals surface area contributed by atoms with Crippen LogP contribution in [0.4, 0.5) is 4.79 Å². The van der Waals surface area contributed by atoms with Crippen molar-refractivity contribution in [1.29, 1.82) is 0 Å². The molecule has 1 aliphatic rings. The lowest BCUT2D eigenvalue weighted by Gasteiger charge is -2.30. The second-order valence-electron chi connectivity index (χ2n) is 9.22. The van der Waals surface area contributed by atoms with Crippen LogP contribution in [0, 0.1) is 13.8 Å². The molecule has 1 aromatic carbocycles. The van der Waals surface area contributed by atoms with Crippen molar-refractivity contribution in [2.75, 3.05) is 19.6 Å². The number of rotatable bonds is 3. The molecular formula is C24H32N4O4. The Morgan fingerprint density at radius 2 is 2.00 bits per heavy atom. The largest absolute Gasteiger partial charge is 0.455 e. The third-order valence-corrected chi connectivity index (χ3v) is 5.27. The smallest absolute Gasteiger partial charge is 0.410 e. The fourth-order valence-electron chi connectivity index (χ4n) is 3.73. The molecule has 3 rings (SSSR count). The minimum Gasteiger partial charge on any atom is -0.455 e. The van der Waals surface area contributed by atoms with Crippen LogP contribution < -0.4 is 16.9 Å². The van der Waals surface area contributed by atoms with Crippen LogP contribution in [-0.4, -0.2) is 41.9 Å². The molecule has 0 fully saturated rings. The summed E-state index contributed by atoms with van der Waals surface area (Å²) >= 11 is 0. The maximum atomic E-state index is 13.2. The quantitative estimate of drug-likeness (QED) is 0.753. The second kappa shape index (κ2) is 8.78. The highest BCUT2D eigenvalue weighted by atomic mass is 16.6. The summed E-state index contributed by atoms with van der Waals surface area (Å²) in [4.78, 5) is 31.9. The van der Waals surface area contributed by atoms with Gasteiger partial charge in [0.15, 0.2) is 5.43 Å². The summed E-state index contributed by atoms with van der Waals surface area (Å²) in [6.45, 7) is 12.0. The third-order valence-electron chi connectivity index (χ3n) is 5.27. The number of fused-ring (bicyclic) bond motifs is 1. The molecule has 1 aliphatic heterocycles. The van der Waals surface area contributed by atoms with Gasteiger partial charge >= 0.3 is 6.09 Å². The van der Waals surface area contributed by atoms with Gasteiger partial charge in [-0.2, -0.15) is 0 Å². The van der Waals surface area contributed by atoms with Gasteiger partial charge in [-0.3, -0.25) is 9.79 Å². The van der Waals surface area contributed by atoms with E-state index in [1.165, 1.54) is 6.20 Å². The molecule has 0 spiro atoms. The van der Waals surface area contributed by atoms with Crippen LogP contribution >= 0.6 is 0 Å². The number of nitrogens with two attached hydrogens (primary N) is 2. The Labute approximate surface area is 187 Å². The van der Waals surface area contributed by atoms with Crippen LogP contribution in [0.25, 0.3) is 16.5 Å². The fourth-order valence-corrected chi connectivity index (χ4v) is 3.73. The van der Waals surface area contributed by atoms with Crippen molar-refractivity contribution in [3.8, 4) is 0 Å². The van der Waals surface area contributed by atoms with Gasteiger partial charge in [-0.05, 0) is 53.2 Å². The van der Waals surface area contributed by atoms with Crippen LogP contribution in [0.15, 0.2) is 32.5 Å². The highest BCUT2D eigenvalue weighted by molar-refractivity contribution is 6.25. The van der Waals surface area contributed by atoms with Crippen LogP contribution in [0.3, 0.4) is 0 Å². The minimum atomic E-state index is -0.604. The van der Waals surface area contributed by atoms with E-state index in [0.717, 1.165) is 11.1 Å². The number of nitrogens with zero attached hydrogens (tertiary/aromatic N) is 2. The summed E-state index contributed by atoms with van der Waals surface area (Å²) in [5, 5.41) is 0.482. The lowest BCUT2D eigenvalue weighted by Crippen LogP contribution is -2.44. The van der Waals surface area contributed by atoms with Gasteiger partial charge in [0.05, 0.1) is 29.8 Å². The first-order chi connectivity index (χ1) is 14.9. The van der Waals surface area contributed by atoms with Crippen LogP contribution in [0.5, 0.6) is 0 Å². The van der Waals surface area contributed by atoms with Crippen LogP contribution in [-0.2, 0) is 4.74 Å². The molecule has 1 atom stereocenters. The Bertz CT molecular complexity index is 1170. The Kier molecular flexibility index (Phi) is 6.46. The topological polar surface area (TPSA) is 124 Å². The normalized spacial score (nSPS) is 16.2. The van der Waals surface area contributed by atoms with Crippen molar-refractivity contribution in [3.63, 3.8) is 0 Å². The zero-order valence-corrected chi connectivity index (χ0v) is 19.6. The van der Waals surface area contributed by atoms with Crippen molar-refractivity contribution in [2.24, 2.45) is 16.5 Å². The Balaban J connectivity index is 2.07. The highest BCUT2D eigenvalue weighted by Gasteiger charge is 2.28. The van der Waals surface area contributed by atoms with E-state index in [0.29, 0.717) is 46.7 Å². The Hall–Kier alpha value is -3.13. The molecule has 8 heteroatoms. The third kappa shape index (κ3) is 4.70. The lowest BCUT2D eigenvalue weighted by molar-refractivity contribution is 0.0279. The van der Waals surface area contributed by atoms with Crippen LogP contribution in [0.1, 0.15) is 56.2 Å². The number of ether oxygens (including phenoxy) is 1. The van der Waals surface area contributed by atoms with Gasteiger partial charge in [-0.25, -0.2) is 4.79 Å². The lowest BCUT2D eigenvalue weighted by atomic mass is 9.98. The molecule has 172 valence electrons. The minimum absolute atomic E-state index is 0.147. The molecule has 2 aromatic rings. The van der Waals surface area contributed by atoms with Gasteiger partial charge in [0.2, 0.25) is 0 Å². The summed E-state index contributed by atoms with van der Waals surface area (Å²) in [7, 11) is 0. The molecular weight excluding hydrogens is 408 g/mol. The first-order valence-electron chi connectivity index (χ1n) is 10.7. The second-order valence-corrected chi connectivity index (χ2v) is 9.22. The molecule has 0 radical (unpaired) electrons. The number of aliphatic imine (C=N–C) groups is 1. The van der Waals surface area contributed by atoms with Gasteiger partial charge in [-0.1, -0.05) is 6.07 Å². The average molecular weight is 441 g/mol. The summed E-state index contributed by atoms with van der Waals surface area (Å²) in [5.41, 5.74) is 15.0. The van der Waals surface area contributed by atoms with Crippen molar-refractivity contribution in [1.82, 2.24) is 4.90 Å². The number of aryl methyl sites for hydroxylation is 1. The van der Waals surface area contributed by atoms with Gasteiger partial charge in [0.1, 0.15) is 16.9 Å². The van der Waals surface area contributed by atoms with Gasteiger partial charge in [0, 0.05) is 29.9 Å². The maximum absolute atomic E-state index is 13.2. The molecule has 32 heavy (non-hydrogen) atoms. The molecule has 4 N–H and O–H groups in total. The molecule has 0 aliphatic carbocycles. The number of hydrogen-bond acceptors (Lipinski definition) is 7. The van der Waals surface area contributed by atoms with E-state index >= 15 is 0 Å². The SMILES string of the molecule is Cc1cc([C@@H](C)N)c2oc(/C(=C/N)C3=NCCN(C(=O)OC(C)(C)C)C3)c(C)c(=O)c2c1. The van der Waals surface area contributed by atoms with E-state index in [2.05, 4.69) is 4.99 Å². The van der Waals surface area contributed by atoms with E-state index in [1.54, 1.807) is 17.9 Å². The molecule has 1 aromatic heterocycles. The van der Waals surface area contributed by atoms with Crippen molar-refractivity contribution >= 4 is 28.3 Å². The number of carbonyl (C=O) groups excluding carboxylic acids is 1. The van der Waals surface area contributed by atoms with Crippen molar-refractivity contribution in [2.45, 2.75) is 53.2 Å². The van der Waals surface area contributed by atoms with E-state index < -0.39 is 11.7 Å². The number of amides is 1. The Morgan fingerprint density at radius 3 is 2.59 bits per heavy atom. The number of carbonyl (C=O) groups is 1. The summed E-state index contributed by atoms with van der Waals surface area (Å²) in [5.74, 6) is 0.334. The van der Waals surface area contributed by atoms with E-state index in [4.69, 9.17) is 20.6 Å². The van der Waals surface area contributed by atoms with Crippen LogP contribution in [0.2, 0.25) is 0 Å². The van der Waals surface area contributed by atoms with E-state index in [9.17, 15) is 9.59 Å². The number of benzene rings is 1. The molecule has 8 nitrogen and oxygen atoms in total. The van der Waals surface area contributed by atoms with E-state index in [-0.39, 0.29) is 18.0 Å². The molecule has 0 unspecified atom stereocenters. The molecule has 2 heterocycles. The van der Waals surface area contributed by atoms with Gasteiger partial charge in [0.25, 0.3) is 0 Å². The summed E-state index contributed by atoms with van der Waals surface area (Å²) in [6, 6.07) is 3.40. The molecule has 0 bridgehead atoms. The zero-order chi connectivity index (χ0) is 23.8. The van der Waals surface area contributed by atoms with Gasteiger partial charge < -0.3 is 25.5 Å². The monoisotopic (exact) mass is 440 g/mol. The van der Waals surface area contributed by atoms with Crippen molar-refractivity contribution < 1.29 is 13.9 Å². The number of hydrogen-bond donors (Lipinski definition) is 2. The molecule has 1 amide bonds. The molecule has 0 saturated heterocycles. The standard InChI is InChI=1S/C24H32N4O4/c1-13-9-16(15(3)26)22-17(10-13)20(29)14(2)21(31-22)18(11-25)19-12-28(8-7-27-19)23(30)32-24(4,5)6/h9-11,15H,7-8,12,25-26H2,1-6H3/b18-11+/t15-/m1/s1. The zero-order valence-electron chi connectivity index (χ0n) is 19.6. The highest BCUT2D eigenvalue weighted by Crippen LogP contribution is 2.29. The molecule has 0 saturated carbocycles. The Morgan fingerprint density at radius 1 is 1.31 bits per heavy atom. The van der Waals surface area contributed by atoms with Crippen molar-refractivity contribution in [3.05, 3.63) is 51.0 Å². The van der Waals surface area contributed by atoms with Gasteiger partial charge in [-0.15, -0.1) is 0 Å². The predicted molar refractivity (Wildman–Crippen MR) is 127 cm³/mol.